The highest BCUT2D eigenvalue weighted by atomic mass is 32.3. The molecule has 1 aromatic carbocycles. The largest absolute Gasteiger partial charge is 0.348 e. The molecule has 1 fully saturated rings. The smallest absolute Gasteiger partial charge is 0.250 e. The highest BCUT2D eigenvalue weighted by Crippen LogP contribution is 2.31. The molecule has 5 nitrogen and oxygen atoms in total. The predicted octanol–water partition coefficient (Wildman–Crippen LogP) is 2.51. The summed E-state index contributed by atoms with van der Waals surface area (Å²) >= 11 is 6.48. The summed E-state index contributed by atoms with van der Waals surface area (Å²) in [6.07, 6.45) is 0. The van der Waals surface area contributed by atoms with E-state index in [0.29, 0.717) is 16.0 Å². The minimum absolute atomic E-state index is 0.0123. The van der Waals surface area contributed by atoms with Gasteiger partial charge >= 0.3 is 0 Å². The third kappa shape index (κ3) is 3.56. The van der Waals surface area contributed by atoms with Crippen molar-refractivity contribution in [1.82, 2.24) is 4.90 Å². The number of sulfonamides is 1. The van der Waals surface area contributed by atoms with E-state index >= 15 is 0 Å². The first kappa shape index (κ1) is 16.3. The molecule has 1 heterocycles. The van der Waals surface area contributed by atoms with Crippen molar-refractivity contribution in [1.29, 1.82) is 0 Å². The van der Waals surface area contributed by atoms with Crippen molar-refractivity contribution in [2.24, 2.45) is 4.99 Å². The molecule has 21 heavy (non-hydrogen) atoms. The summed E-state index contributed by atoms with van der Waals surface area (Å²) in [6.45, 7) is 5.47. The summed E-state index contributed by atoms with van der Waals surface area (Å²) < 4.78 is 25.7. The topological polar surface area (TPSA) is 53.0 Å². The summed E-state index contributed by atoms with van der Waals surface area (Å²) in [5.74, 6) is 0. The minimum atomic E-state index is -3.39. The quantitative estimate of drug-likeness (QED) is 0.789. The minimum Gasteiger partial charge on any atom is -0.348 e. The van der Waals surface area contributed by atoms with Crippen LogP contribution in [0.2, 0.25) is 0 Å². The first-order valence-electron chi connectivity index (χ1n) is 6.58. The second-order valence-electron chi connectivity index (χ2n) is 4.32. The summed E-state index contributed by atoms with van der Waals surface area (Å²) in [5.41, 5.74) is 0.587. The van der Waals surface area contributed by atoms with Gasteiger partial charge in [0.15, 0.2) is 10.3 Å². The molecule has 1 aliphatic heterocycles. The number of benzene rings is 1. The molecule has 1 aliphatic rings. The van der Waals surface area contributed by atoms with Gasteiger partial charge in [0.2, 0.25) is 0 Å². The van der Waals surface area contributed by atoms with E-state index in [1.807, 2.05) is 24.8 Å². The molecule has 0 atom stereocenters. The summed E-state index contributed by atoms with van der Waals surface area (Å²) in [7, 11) is -3.39. The molecule has 0 unspecified atom stereocenters. The zero-order chi connectivity index (χ0) is 15.5. The lowest BCUT2D eigenvalue weighted by Gasteiger charge is -2.21. The van der Waals surface area contributed by atoms with Gasteiger partial charge in [-0.25, -0.2) is 12.7 Å². The number of rotatable bonds is 3. The molecule has 0 aliphatic carbocycles. The SMILES string of the molecule is CCN(CC)C(=S)/N=C1\SCS(=O)(=O)N1c1ccccc1. The van der Waals surface area contributed by atoms with Crippen LogP contribution in [0.25, 0.3) is 0 Å². The van der Waals surface area contributed by atoms with E-state index in [-0.39, 0.29) is 5.08 Å². The Balaban J connectivity index is 2.37. The number of amidine groups is 1. The van der Waals surface area contributed by atoms with Crippen molar-refractivity contribution >= 4 is 50.0 Å². The van der Waals surface area contributed by atoms with Crippen molar-refractivity contribution in [2.45, 2.75) is 13.8 Å². The van der Waals surface area contributed by atoms with E-state index in [1.165, 1.54) is 16.1 Å². The number of aliphatic imine (C=N–C) groups is 1. The van der Waals surface area contributed by atoms with Gasteiger partial charge in [-0.05, 0) is 38.2 Å². The van der Waals surface area contributed by atoms with Gasteiger partial charge in [0.05, 0.1) is 5.69 Å². The third-order valence-electron chi connectivity index (χ3n) is 3.00. The van der Waals surface area contributed by atoms with Crippen LogP contribution >= 0.6 is 24.0 Å². The number of nitrogens with zero attached hydrogens (tertiary/aromatic N) is 3. The molecule has 8 heteroatoms. The van der Waals surface area contributed by atoms with Gasteiger partial charge < -0.3 is 4.90 Å². The van der Waals surface area contributed by atoms with Crippen LogP contribution in [0.1, 0.15) is 13.8 Å². The van der Waals surface area contributed by atoms with Crippen molar-refractivity contribution < 1.29 is 8.42 Å². The Labute approximate surface area is 135 Å². The summed E-state index contributed by atoms with van der Waals surface area (Å²) in [6, 6.07) is 8.94. The molecule has 114 valence electrons. The molecule has 0 saturated carbocycles. The molecule has 0 N–H and O–H groups in total. The van der Waals surface area contributed by atoms with Crippen LogP contribution in [0.5, 0.6) is 0 Å². The van der Waals surface area contributed by atoms with Crippen LogP contribution in [0.15, 0.2) is 35.3 Å². The Morgan fingerprint density at radius 1 is 1.33 bits per heavy atom. The van der Waals surface area contributed by atoms with Crippen molar-refractivity contribution in [3.05, 3.63) is 30.3 Å². The maximum atomic E-state index is 12.2. The fourth-order valence-corrected chi connectivity index (χ4v) is 5.35. The summed E-state index contributed by atoms with van der Waals surface area (Å²) in [4.78, 5) is 6.27. The zero-order valence-corrected chi connectivity index (χ0v) is 14.3. The Hall–Kier alpha value is -1.12. The van der Waals surface area contributed by atoms with E-state index in [9.17, 15) is 8.42 Å². The third-order valence-corrected chi connectivity index (χ3v) is 6.60. The van der Waals surface area contributed by atoms with E-state index in [4.69, 9.17) is 12.2 Å². The predicted molar refractivity (Wildman–Crippen MR) is 93.3 cm³/mol. The van der Waals surface area contributed by atoms with Crippen LogP contribution in [0, 0.1) is 0 Å². The van der Waals surface area contributed by atoms with Gasteiger partial charge in [0, 0.05) is 13.1 Å². The second-order valence-corrected chi connectivity index (χ2v) is 7.81. The number of hydrogen-bond acceptors (Lipinski definition) is 4. The standard InChI is InChI=1S/C13H17N3O2S3/c1-3-15(4-2)12(19)14-13-16(21(17,18)10-20-13)11-8-6-5-7-9-11/h5-9H,3-4,10H2,1-2H3/b14-13-. The molecule has 0 bridgehead atoms. The molecule has 0 radical (unpaired) electrons. The van der Waals surface area contributed by atoms with Gasteiger partial charge in [-0.3, -0.25) is 0 Å². The van der Waals surface area contributed by atoms with E-state index in [2.05, 4.69) is 4.99 Å². The van der Waals surface area contributed by atoms with Crippen LogP contribution in [-0.2, 0) is 10.0 Å². The lowest BCUT2D eigenvalue weighted by molar-refractivity contribution is 0.469. The maximum absolute atomic E-state index is 12.2. The average Bonchev–Trinajstić information content (AvgIpc) is 2.76. The monoisotopic (exact) mass is 343 g/mol. The molecule has 1 aromatic rings. The highest BCUT2D eigenvalue weighted by Gasteiger charge is 2.36. The molecule has 0 amide bonds. The Morgan fingerprint density at radius 3 is 2.52 bits per heavy atom. The number of thiocarbonyl (C=S) groups is 1. The first-order chi connectivity index (χ1) is 9.99. The normalized spacial score (nSPS) is 19.0. The fraction of sp³-hybridized carbons (Fsp3) is 0.385. The highest BCUT2D eigenvalue weighted by molar-refractivity contribution is 8.27. The Morgan fingerprint density at radius 2 is 1.95 bits per heavy atom. The lowest BCUT2D eigenvalue weighted by Crippen LogP contribution is -2.33. The van der Waals surface area contributed by atoms with Crippen molar-refractivity contribution in [3.63, 3.8) is 0 Å². The Bertz CT molecular complexity index is 640. The van der Waals surface area contributed by atoms with Crippen LogP contribution < -0.4 is 4.31 Å². The second kappa shape index (κ2) is 6.76. The molecule has 1 saturated heterocycles. The van der Waals surface area contributed by atoms with Gasteiger partial charge in [0.25, 0.3) is 10.0 Å². The van der Waals surface area contributed by atoms with Crippen LogP contribution in [-0.4, -0.2) is 41.8 Å². The van der Waals surface area contributed by atoms with Gasteiger partial charge in [-0.15, -0.1) is 0 Å². The number of thioether (sulfide) groups is 1. The number of anilines is 1. The number of para-hydroxylation sites is 1. The van der Waals surface area contributed by atoms with Crippen molar-refractivity contribution in [3.8, 4) is 0 Å². The van der Waals surface area contributed by atoms with Crippen molar-refractivity contribution in [2.75, 3.05) is 22.5 Å². The van der Waals surface area contributed by atoms with E-state index in [0.717, 1.165) is 13.1 Å². The average molecular weight is 343 g/mol. The Kier molecular flexibility index (Phi) is 5.23. The zero-order valence-electron chi connectivity index (χ0n) is 11.9. The molecule has 0 spiro atoms. The van der Waals surface area contributed by atoms with E-state index < -0.39 is 10.0 Å². The first-order valence-corrected chi connectivity index (χ1v) is 9.58. The van der Waals surface area contributed by atoms with Gasteiger partial charge in [0.1, 0.15) is 5.08 Å². The summed E-state index contributed by atoms with van der Waals surface area (Å²) in [5, 5.41) is 0.820. The maximum Gasteiger partial charge on any atom is 0.250 e. The van der Waals surface area contributed by atoms with Gasteiger partial charge in [-0.2, -0.15) is 4.99 Å². The number of hydrogen-bond donors (Lipinski definition) is 0. The molecular weight excluding hydrogens is 326 g/mol. The molecule has 0 aromatic heterocycles. The fourth-order valence-electron chi connectivity index (χ4n) is 1.92. The van der Waals surface area contributed by atoms with Crippen LogP contribution in [0.4, 0.5) is 5.69 Å². The molecule has 2 rings (SSSR count). The lowest BCUT2D eigenvalue weighted by atomic mass is 10.3. The molecular formula is C13H17N3O2S3. The van der Waals surface area contributed by atoms with Crippen LogP contribution in [0.3, 0.4) is 0 Å². The van der Waals surface area contributed by atoms with Gasteiger partial charge in [-0.1, -0.05) is 30.0 Å². The van der Waals surface area contributed by atoms with E-state index in [1.54, 1.807) is 24.3 Å².